The van der Waals surface area contributed by atoms with E-state index in [1.165, 1.54) is 36.7 Å². The third-order valence-corrected chi connectivity index (χ3v) is 3.58. The van der Waals surface area contributed by atoms with E-state index in [1.54, 1.807) is 12.1 Å². The highest BCUT2D eigenvalue weighted by atomic mass is 19.2. The molecule has 0 fully saturated rings. The Morgan fingerprint density at radius 2 is 1.65 bits per heavy atom. The molecule has 1 aromatic heterocycles. The van der Waals surface area contributed by atoms with Gasteiger partial charge in [0.05, 0.1) is 17.4 Å². The van der Waals surface area contributed by atoms with Crippen LogP contribution in [-0.2, 0) is 6.54 Å². The fourth-order valence-electron chi connectivity index (χ4n) is 2.26. The Balaban J connectivity index is 1.66. The lowest BCUT2D eigenvalue weighted by molar-refractivity contribution is 0.0950. The summed E-state index contributed by atoms with van der Waals surface area (Å²) in [6, 6.07) is 10.7. The molecule has 26 heavy (non-hydrogen) atoms. The number of rotatable bonds is 5. The highest BCUT2D eigenvalue weighted by Gasteiger charge is 2.08. The standard InChI is InChI=1S/C19H14F3N3O/c20-14-3-1-12(2-4-14)9-24-19(26)13-7-16(11-23-10-13)25-15-5-6-17(21)18(22)8-15/h1-8,10-11,25H,9H2,(H,24,26). The summed E-state index contributed by atoms with van der Waals surface area (Å²) in [4.78, 5) is 16.2. The second-order valence-corrected chi connectivity index (χ2v) is 5.53. The van der Waals surface area contributed by atoms with E-state index in [0.29, 0.717) is 16.9 Å². The number of halogens is 3. The maximum atomic E-state index is 13.3. The van der Waals surface area contributed by atoms with Gasteiger partial charge in [-0.1, -0.05) is 12.1 Å². The number of amides is 1. The summed E-state index contributed by atoms with van der Waals surface area (Å²) in [5.41, 5.74) is 1.82. The molecule has 0 atom stereocenters. The number of pyridine rings is 1. The minimum atomic E-state index is -0.976. The molecule has 0 aliphatic carbocycles. The first-order valence-electron chi connectivity index (χ1n) is 7.71. The van der Waals surface area contributed by atoms with E-state index in [9.17, 15) is 18.0 Å². The van der Waals surface area contributed by atoms with Crippen LogP contribution in [0.15, 0.2) is 60.9 Å². The Hall–Kier alpha value is -3.35. The molecule has 0 saturated heterocycles. The van der Waals surface area contributed by atoms with Crippen molar-refractivity contribution >= 4 is 17.3 Å². The van der Waals surface area contributed by atoms with Crippen LogP contribution in [-0.4, -0.2) is 10.9 Å². The number of benzene rings is 2. The maximum Gasteiger partial charge on any atom is 0.253 e. The number of nitrogens with one attached hydrogen (secondary N) is 2. The molecule has 0 radical (unpaired) electrons. The molecule has 0 saturated carbocycles. The summed E-state index contributed by atoms with van der Waals surface area (Å²) >= 11 is 0. The van der Waals surface area contributed by atoms with Gasteiger partial charge in [-0.05, 0) is 35.9 Å². The van der Waals surface area contributed by atoms with Crippen LogP contribution in [0.1, 0.15) is 15.9 Å². The number of anilines is 2. The third-order valence-electron chi connectivity index (χ3n) is 3.58. The van der Waals surface area contributed by atoms with Crippen molar-refractivity contribution in [1.29, 1.82) is 0 Å². The second kappa shape index (κ2) is 7.69. The first kappa shape index (κ1) is 17.5. The van der Waals surface area contributed by atoms with Gasteiger partial charge < -0.3 is 10.6 Å². The molecular formula is C19H14F3N3O. The van der Waals surface area contributed by atoms with Crippen molar-refractivity contribution < 1.29 is 18.0 Å². The van der Waals surface area contributed by atoms with Gasteiger partial charge in [0.15, 0.2) is 11.6 Å². The van der Waals surface area contributed by atoms with Gasteiger partial charge in [-0.2, -0.15) is 0 Å². The van der Waals surface area contributed by atoms with Crippen LogP contribution in [0.25, 0.3) is 0 Å². The van der Waals surface area contributed by atoms with Crippen LogP contribution in [0.4, 0.5) is 24.5 Å². The summed E-state index contributed by atoms with van der Waals surface area (Å²) in [6.07, 6.45) is 2.84. The molecule has 1 amide bonds. The van der Waals surface area contributed by atoms with Gasteiger partial charge in [-0.15, -0.1) is 0 Å². The summed E-state index contributed by atoms with van der Waals surface area (Å²) in [5, 5.41) is 5.56. The van der Waals surface area contributed by atoms with Crippen molar-refractivity contribution in [2.75, 3.05) is 5.32 Å². The third kappa shape index (κ3) is 4.38. The molecule has 4 nitrogen and oxygen atoms in total. The number of nitrogens with zero attached hydrogens (tertiary/aromatic N) is 1. The van der Waals surface area contributed by atoms with E-state index >= 15 is 0 Å². The zero-order chi connectivity index (χ0) is 18.5. The van der Waals surface area contributed by atoms with Crippen molar-refractivity contribution in [3.05, 3.63) is 89.5 Å². The minimum Gasteiger partial charge on any atom is -0.354 e. The highest BCUT2D eigenvalue weighted by molar-refractivity contribution is 5.94. The van der Waals surface area contributed by atoms with E-state index in [4.69, 9.17) is 0 Å². The van der Waals surface area contributed by atoms with Gasteiger partial charge in [0, 0.05) is 24.5 Å². The average molecular weight is 357 g/mol. The molecule has 2 aromatic carbocycles. The van der Waals surface area contributed by atoms with Gasteiger partial charge >= 0.3 is 0 Å². The Morgan fingerprint density at radius 1 is 0.885 bits per heavy atom. The van der Waals surface area contributed by atoms with E-state index in [2.05, 4.69) is 15.6 Å². The topological polar surface area (TPSA) is 54.0 Å². The molecule has 0 bridgehead atoms. The van der Waals surface area contributed by atoms with Crippen LogP contribution < -0.4 is 10.6 Å². The first-order valence-corrected chi connectivity index (χ1v) is 7.71. The Kier molecular flexibility index (Phi) is 5.17. The smallest absolute Gasteiger partial charge is 0.253 e. The molecule has 0 unspecified atom stereocenters. The lowest BCUT2D eigenvalue weighted by Crippen LogP contribution is -2.23. The van der Waals surface area contributed by atoms with Crippen molar-refractivity contribution in [3.8, 4) is 0 Å². The number of aromatic nitrogens is 1. The van der Waals surface area contributed by atoms with Gasteiger partial charge in [0.25, 0.3) is 5.91 Å². The number of carbonyl (C=O) groups excluding carboxylic acids is 1. The fourth-order valence-corrected chi connectivity index (χ4v) is 2.26. The van der Waals surface area contributed by atoms with Crippen LogP contribution >= 0.6 is 0 Å². The van der Waals surface area contributed by atoms with Crippen molar-refractivity contribution in [2.24, 2.45) is 0 Å². The molecule has 0 aliphatic heterocycles. The van der Waals surface area contributed by atoms with Gasteiger partial charge in [-0.25, -0.2) is 13.2 Å². The normalized spacial score (nSPS) is 10.4. The summed E-state index contributed by atoms with van der Waals surface area (Å²) in [7, 11) is 0. The molecule has 1 heterocycles. The lowest BCUT2D eigenvalue weighted by Gasteiger charge is -2.09. The molecule has 3 aromatic rings. The summed E-state index contributed by atoms with van der Waals surface area (Å²) in [6.45, 7) is 0.236. The van der Waals surface area contributed by atoms with Crippen molar-refractivity contribution in [2.45, 2.75) is 6.54 Å². The molecule has 7 heteroatoms. The maximum absolute atomic E-state index is 13.3. The Labute approximate surface area is 147 Å². The lowest BCUT2D eigenvalue weighted by atomic mass is 10.2. The quantitative estimate of drug-likeness (QED) is 0.721. The molecule has 2 N–H and O–H groups in total. The molecule has 3 rings (SSSR count). The first-order chi connectivity index (χ1) is 12.5. The summed E-state index contributed by atoms with van der Waals surface area (Å²) in [5.74, 6) is -2.63. The fraction of sp³-hybridized carbons (Fsp3) is 0.0526. The Bertz CT molecular complexity index is 930. The SMILES string of the molecule is O=C(NCc1ccc(F)cc1)c1cncc(Nc2ccc(F)c(F)c2)c1. The average Bonchev–Trinajstić information content (AvgIpc) is 2.64. The van der Waals surface area contributed by atoms with Crippen molar-refractivity contribution in [1.82, 2.24) is 10.3 Å². The van der Waals surface area contributed by atoms with Crippen molar-refractivity contribution in [3.63, 3.8) is 0 Å². The molecule has 0 spiro atoms. The Morgan fingerprint density at radius 3 is 2.38 bits per heavy atom. The monoisotopic (exact) mass is 357 g/mol. The number of hydrogen-bond acceptors (Lipinski definition) is 3. The zero-order valence-electron chi connectivity index (χ0n) is 13.5. The van der Waals surface area contributed by atoms with Crippen LogP contribution in [0.2, 0.25) is 0 Å². The van der Waals surface area contributed by atoms with E-state index in [0.717, 1.165) is 17.7 Å². The van der Waals surface area contributed by atoms with Gasteiger partial charge in [-0.3, -0.25) is 9.78 Å². The van der Waals surface area contributed by atoms with E-state index < -0.39 is 11.6 Å². The highest BCUT2D eigenvalue weighted by Crippen LogP contribution is 2.19. The van der Waals surface area contributed by atoms with E-state index in [1.807, 2.05) is 0 Å². The van der Waals surface area contributed by atoms with E-state index in [-0.39, 0.29) is 18.3 Å². The number of carbonyl (C=O) groups is 1. The molecule has 132 valence electrons. The molecule has 0 aliphatic rings. The molecular weight excluding hydrogens is 343 g/mol. The predicted octanol–water partition coefficient (Wildman–Crippen LogP) is 4.17. The van der Waals surface area contributed by atoms with Gasteiger partial charge in [0.2, 0.25) is 0 Å². The van der Waals surface area contributed by atoms with Crippen LogP contribution in [0, 0.1) is 17.5 Å². The second-order valence-electron chi connectivity index (χ2n) is 5.53. The number of hydrogen-bond donors (Lipinski definition) is 2. The van der Waals surface area contributed by atoms with Gasteiger partial charge in [0.1, 0.15) is 5.82 Å². The zero-order valence-corrected chi connectivity index (χ0v) is 13.5. The minimum absolute atomic E-state index is 0.236. The largest absolute Gasteiger partial charge is 0.354 e. The summed E-state index contributed by atoms with van der Waals surface area (Å²) < 4.78 is 39.1. The van der Waals surface area contributed by atoms with Crippen LogP contribution in [0.5, 0.6) is 0 Å². The van der Waals surface area contributed by atoms with Crippen LogP contribution in [0.3, 0.4) is 0 Å². The predicted molar refractivity (Wildman–Crippen MR) is 91.4 cm³/mol.